The summed E-state index contributed by atoms with van der Waals surface area (Å²) in [5, 5.41) is 36.6. The molecule has 3 unspecified atom stereocenters. The van der Waals surface area contributed by atoms with Gasteiger partial charge in [0.25, 0.3) is 0 Å². The van der Waals surface area contributed by atoms with Crippen LogP contribution in [-0.2, 0) is 25.6 Å². The standard InChI is InChI=1S/C31H34N4O9/c1-35(2)24-19-13-15-12-18-17(14-4-6-16(7-5-14)34-30(43)33-10-3-11-36)8-9-20(37)22(18)25(38)21(15)27(40)31(19,44)28(41)23(26(24)39)29(32)42/h4-9,15,19,21,23-24,36-37,44H,3,10-13H2,1-2H3,(H2,32,42)(H2,33,34,43)/t15-,19-,21?,23?,24?,31-/m0/s1. The topological polar surface area (TPSA) is 216 Å². The minimum atomic E-state index is -2.78. The number of aliphatic hydroxyl groups excluding tert-OH is 1. The molecule has 3 aliphatic carbocycles. The Balaban J connectivity index is 1.51. The number of ketones is 4. The smallest absolute Gasteiger partial charge is 0.319 e. The van der Waals surface area contributed by atoms with Crippen LogP contribution in [0.2, 0.25) is 0 Å². The minimum Gasteiger partial charge on any atom is -0.507 e. The van der Waals surface area contributed by atoms with Crippen LogP contribution in [0.5, 0.6) is 5.75 Å². The molecule has 2 saturated carbocycles. The fraction of sp³-hybridized carbons (Fsp3) is 0.419. The molecule has 2 aromatic carbocycles. The van der Waals surface area contributed by atoms with Gasteiger partial charge in [-0.15, -0.1) is 0 Å². The largest absolute Gasteiger partial charge is 0.507 e. The number of aliphatic hydroxyl groups is 2. The number of anilines is 1. The van der Waals surface area contributed by atoms with Gasteiger partial charge in [0.2, 0.25) is 5.91 Å². The van der Waals surface area contributed by atoms with E-state index in [1.807, 2.05) is 0 Å². The number of phenolic OH excluding ortho intramolecular Hbond substituents is 1. The van der Waals surface area contributed by atoms with E-state index in [1.165, 1.54) is 25.1 Å². The number of fused-ring (bicyclic) bond motifs is 3. The molecule has 2 fully saturated rings. The van der Waals surface area contributed by atoms with Crippen molar-refractivity contribution in [2.45, 2.75) is 30.9 Å². The number of carbonyl (C=O) groups excluding carboxylic acids is 6. The maximum Gasteiger partial charge on any atom is 0.319 e. The molecular weight excluding hydrogens is 572 g/mol. The summed E-state index contributed by atoms with van der Waals surface area (Å²) in [5.41, 5.74) is 4.71. The van der Waals surface area contributed by atoms with Gasteiger partial charge in [-0.2, -0.15) is 0 Å². The van der Waals surface area contributed by atoms with Gasteiger partial charge in [-0.1, -0.05) is 18.2 Å². The Hall–Kier alpha value is -4.46. The number of nitrogens with zero attached hydrogens (tertiary/aromatic N) is 1. The van der Waals surface area contributed by atoms with Crippen molar-refractivity contribution in [3.63, 3.8) is 0 Å². The highest BCUT2D eigenvalue weighted by atomic mass is 16.3. The second kappa shape index (κ2) is 11.6. The van der Waals surface area contributed by atoms with Gasteiger partial charge in [0, 0.05) is 24.8 Å². The van der Waals surface area contributed by atoms with Crippen LogP contribution in [-0.4, -0.2) is 94.2 Å². The summed E-state index contributed by atoms with van der Waals surface area (Å²) in [6.07, 6.45) is 0.497. The number of Topliss-reactive ketones (excluding diaryl/α,β-unsaturated/α-hetero) is 4. The van der Waals surface area contributed by atoms with E-state index >= 15 is 0 Å². The fourth-order valence-electron chi connectivity index (χ4n) is 7.06. The second-order valence-electron chi connectivity index (χ2n) is 11.8. The highest BCUT2D eigenvalue weighted by Gasteiger charge is 2.69. The van der Waals surface area contributed by atoms with Crippen molar-refractivity contribution in [1.82, 2.24) is 10.2 Å². The highest BCUT2D eigenvalue weighted by Crippen LogP contribution is 2.51. The van der Waals surface area contributed by atoms with E-state index in [2.05, 4.69) is 10.6 Å². The van der Waals surface area contributed by atoms with Gasteiger partial charge >= 0.3 is 6.03 Å². The molecule has 6 atom stereocenters. The molecule has 232 valence electrons. The third-order valence-electron chi connectivity index (χ3n) is 9.02. The number of nitrogens with one attached hydrogen (secondary N) is 2. The van der Waals surface area contributed by atoms with Gasteiger partial charge in [-0.3, -0.25) is 28.9 Å². The quantitative estimate of drug-likeness (QED) is 0.184. The summed E-state index contributed by atoms with van der Waals surface area (Å²) < 4.78 is 0. The van der Waals surface area contributed by atoms with Crippen LogP contribution in [0.15, 0.2) is 36.4 Å². The first-order valence-corrected chi connectivity index (χ1v) is 14.3. The van der Waals surface area contributed by atoms with Gasteiger partial charge in [0.1, 0.15) is 5.75 Å². The van der Waals surface area contributed by atoms with Crippen LogP contribution in [0, 0.1) is 23.7 Å². The number of phenols is 1. The third-order valence-corrected chi connectivity index (χ3v) is 9.02. The normalized spacial score (nSPS) is 27.8. The lowest BCUT2D eigenvalue weighted by molar-refractivity contribution is -0.181. The first-order valence-electron chi connectivity index (χ1n) is 14.3. The summed E-state index contributed by atoms with van der Waals surface area (Å²) in [6, 6.07) is 8.12. The van der Waals surface area contributed by atoms with Gasteiger partial charge in [-0.25, -0.2) is 4.79 Å². The zero-order valence-electron chi connectivity index (χ0n) is 24.2. The summed E-state index contributed by atoms with van der Waals surface area (Å²) in [4.78, 5) is 80.2. The number of carbonyl (C=O) groups is 6. The number of nitrogens with two attached hydrogens (primary N) is 1. The average Bonchev–Trinajstić information content (AvgIpc) is 2.95. The lowest BCUT2D eigenvalue weighted by Gasteiger charge is -2.52. The van der Waals surface area contributed by atoms with Gasteiger partial charge < -0.3 is 31.7 Å². The van der Waals surface area contributed by atoms with E-state index in [1.54, 1.807) is 30.3 Å². The molecule has 0 spiro atoms. The second-order valence-corrected chi connectivity index (χ2v) is 11.8. The van der Waals surface area contributed by atoms with Crippen molar-refractivity contribution >= 4 is 40.8 Å². The summed E-state index contributed by atoms with van der Waals surface area (Å²) in [7, 11) is 3.06. The van der Waals surface area contributed by atoms with Crippen molar-refractivity contribution < 1.29 is 44.1 Å². The van der Waals surface area contributed by atoms with Crippen molar-refractivity contribution in [2.75, 3.05) is 32.6 Å². The number of likely N-dealkylation sites (N-methyl/N-ethyl adjacent to an activating group) is 1. The Labute approximate surface area is 252 Å². The zero-order chi connectivity index (χ0) is 32.1. The number of primary amides is 1. The molecule has 0 heterocycles. The lowest BCUT2D eigenvalue weighted by atomic mass is 9.52. The molecule has 44 heavy (non-hydrogen) atoms. The molecule has 13 heteroatoms. The van der Waals surface area contributed by atoms with E-state index < -0.39 is 70.4 Å². The summed E-state index contributed by atoms with van der Waals surface area (Å²) in [5.74, 6) is -11.0. The first-order chi connectivity index (χ1) is 20.8. The maximum absolute atomic E-state index is 14.0. The molecule has 0 aromatic heterocycles. The van der Waals surface area contributed by atoms with Crippen molar-refractivity contribution in [3.05, 3.63) is 47.5 Å². The number of rotatable bonds is 7. The van der Waals surface area contributed by atoms with Crippen molar-refractivity contribution in [2.24, 2.45) is 29.4 Å². The molecule has 2 aromatic rings. The van der Waals surface area contributed by atoms with E-state index in [0.717, 1.165) is 0 Å². The van der Waals surface area contributed by atoms with E-state index in [9.17, 15) is 39.0 Å². The van der Waals surface area contributed by atoms with Crippen LogP contribution < -0.4 is 16.4 Å². The Bertz CT molecular complexity index is 1570. The fourth-order valence-corrected chi connectivity index (χ4v) is 7.06. The maximum atomic E-state index is 14.0. The van der Waals surface area contributed by atoms with Gasteiger partial charge in [-0.05, 0) is 74.2 Å². The molecule has 0 bridgehead atoms. The number of amides is 3. The molecule has 7 N–H and O–H groups in total. The molecule has 3 aliphatic rings. The summed E-state index contributed by atoms with van der Waals surface area (Å²) in [6.45, 7) is 0.258. The van der Waals surface area contributed by atoms with Crippen molar-refractivity contribution in [3.8, 4) is 16.9 Å². The molecular formula is C31H34N4O9. The Morgan fingerprint density at radius 1 is 1.05 bits per heavy atom. The van der Waals surface area contributed by atoms with Crippen LogP contribution in [0.4, 0.5) is 10.5 Å². The number of hydrogen-bond acceptors (Lipinski definition) is 10. The van der Waals surface area contributed by atoms with Gasteiger partial charge in [0.05, 0.1) is 17.5 Å². The van der Waals surface area contributed by atoms with Crippen LogP contribution in [0.1, 0.15) is 28.8 Å². The number of urea groups is 1. The molecule has 0 radical (unpaired) electrons. The Morgan fingerprint density at radius 3 is 2.34 bits per heavy atom. The molecule has 0 aliphatic heterocycles. The zero-order valence-corrected chi connectivity index (χ0v) is 24.2. The monoisotopic (exact) mass is 606 g/mol. The lowest BCUT2D eigenvalue weighted by Crippen LogP contribution is -2.74. The Morgan fingerprint density at radius 2 is 1.73 bits per heavy atom. The number of hydrogen-bond donors (Lipinski definition) is 6. The van der Waals surface area contributed by atoms with Crippen LogP contribution in [0.25, 0.3) is 11.1 Å². The molecule has 3 amide bonds. The van der Waals surface area contributed by atoms with Crippen LogP contribution in [0.3, 0.4) is 0 Å². The van der Waals surface area contributed by atoms with E-state index in [0.29, 0.717) is 35.3 Å². The minimum absolute atomic E-state index is 0.0477. The summed E-state index contributed by atoms with van der Waals surface area (Å²) >= 11 is 0. The number of benzene rings is 2. The SMILES string of the molecule is CN(C)C1C(=O)C(C(N)=O)C(=O)[C@@]2(O)C(=O)C3C(=O)c4c(O)ccc(-c5ccc(NC(=O)NCCCO)cc5)c4C[C@H]3C[C@@H]12. The molecule has 0 saturated heterocycles. The van der Waals surface area contributed by atoms with Crippen LogP contribution >= 0.6 is 0 Å². The first kappa shape index (κ1) is 31.0. The Kier molecular flexibility index (Phi) is 8.14. The average molecular weight is 607 g/mol. The highest BCUT2D eigenvalue weighted by molar-refractivity contribution is 6.32. The van der Waals surface area contributed by atoms with Crippen molar-refractivity contribution in [1.29, 1.82) is 0 Å². The van der Waals surface area contributed by atoms with E-state index in [-0.39, 0.29) is 30.8 Å². The predicted molar refractivity (Wildman–Crippen MR) is 156 cm³/mol. The van der Waals surface area contributed by atoms with Gasteiger partial charge in [0.15, 0.2) is 34.7 Å². The predicted octanol–water partition coefficient (Wildman–Crippen LogP) is 0.0379. The molecule has 13 nitrogen and oxygen atoms in total. The molecule has 5 rings (SSSR count). The third kappa shape index (κ3) is 4.86. The number of aromatic hydroxyl groups is 1. The van der Waals surface area contributed by atoms with E-state index in [4.69, 9.17) is 10.8 Å².